The molecule has 1 saturated carbocycles. The Labute approximate surface area is 121 Å². The Morgan fingerprint density at radius 2 is 2.00 bits per heavy atom. The summed E-state index contributed by atoms with van der Waals surface area (Å²) in [6, 6.07) is 3.41. The Kier molecular flexibility index (Phi) is 3.14. The van der Waals surface area contributed by atoms with E-state index < -0.39 is 0 Å². The molecule has 2 aliphatic heterocycles. The largest absolute Gasteiger partial charge is 0.366 e. The van der Waals surface area contributed by atoms with Gasteiger partial charge in [-0.1, -0.05) is 6.42 Å². The molecular formula is C16H24N4. The topological polar surface area (TPSA) is 41.0 Å². The third-order valence-corrected chi connectivity index (χ3v) is 5.00. The van der Waals surface area contributed by atoms with Crippen LogP contribution in [0.5, 0.6) is 0 Å². The lowest BCUT2D eigenvalue weighted by atomic mass is 9.99. The number of aromatic nitrogens is 2. The molecule has 0 bridgehead atoms. The average Bonchev–Trinajstić information content (AvgIpc) is 3.22. The molecular weight excluding hydrogens is 248 g/mol. The van der Waals surface area contributed by atoms with Crippen LogP contribution in [0.2, 0.25) is 0 Å². The summed E-state index contributed by atoms with van der Waals surface area (Å²) in [5.74, 6) is 2.74. The van der Waals surface area contributed by atoms with E-state index in [9.17, 15) is 0 Å². The van der Waals surface area contributed by atoms with Crippen molar-refractivity contribution in [2.45, 2.75) is 63.5 Å². The van der Waals surface area contributed by atoms with Crippen LogP contribution in [0, 0.1) is 6.92 Å². The minimum Gasteiger partial charge on any atom is -0.366 e. The third kappa shape index (κ3) is 2.41. The second kappa shape index (κ2) is 4.99. The van der Waals surface area contributed by atoms with Gasteiger partial charge < -0.3 is 5.32 Å². The molecule has 4 heteroatoms. The second-order valence-corrected chi connectivity index (χ2v) is 6.67. The SMILES string of the molecule is Cc1cc(N[C@H]2CCN3CCCC[C@H]23)nc(C2CC2)n1. The Balaban J connectivity index is 1.50. The van der Waals surface area contributed by atoms with Crippen LogP contribution in [0.3, 0.4) is 0 Å². The number of fused-ring (bicyclic) bond motifs is 1. The van der Waals surface area contributed by atoms with Crippen molar-refractivity contribution in [3.63, 3.8) is 0 Å². The number of nitrogens with one attached hydrogen (secondary N) is 1. The third-order valence-electron chi connectivity index (χ3n) is 5.00. The van der Waals surface area contributed by atoms with Crippen LogP contribution in [-0.2, 0) is 0 Å². The fraction of sp³-hybridized carbons (Fsp3) is 0.750. The summed E-state index contributed by atoms with van der Waals surface area (Å²) in [7, 11) is 0. The molecule has 3 fully saturated rings. The molecule has 20 heavy (non-hydrogen) atoms. The zero-order valence-corrected chi connectivity index (χ0v) is 12.3. The summed E-state index contributed by atoms with van der Waals surface area (Å²) in [6.45, 7) is 4.63. The molecule has 3 heterocycles. The van der Waals surface area contributed by atoms with Gasteiger partial charge in [-0.3, -0.25) is 4.90 Å². The Morgan fingerprint density at radius 1 is 1.10 bits per heavy atom. The zero-order valence-electron chi connectivity index (χ0n) is 12.3. The van der Waals surface area contributed by atoms with Gasteiger partial charge in [0.15, 0.2) is 0 Å². The molecule has 0 spiro atoms. The van der Waals surface area contributed by atoms with Gasteiger partial charge in [-0.05, 0) is 45.6 Å². The maximum Gasteiger partial charge on any atom is 0.134 e. The van der Waals surface area contributed by atoms with Gasteiger partial charge in [0, 0.05) is 36.3 Å². The first-order valence-electron chi connectivity index (χ1n) is 8.16. The molecule has 3 aliphatic rings. The summed E-state index contributed by atoms with van der Waals surface area (Å²) in [6.07, 6.45) is 7.90. The van der Waals surface area contributed by atoms with Crippen LogP contribution in [0.25, 0.3) is 0 Å². The van der Waals surface area contributed by atoms with Gasteiger partial charge in [-0.25, -0.2) is 9.97 Å². The molecule has 1 aliphatic carbocycles. The Hall–Kier alpha value is -1.16. The van der Waals surface area contributed by atoms with Crippen LogP contribution >= 0.6 is 0 Å². The first-order chi connectivity index (χ1) is 9.79. The van der Waals surface area contributed by atoms with Crippen molar-refractivity contribution in [1.29, 1.82) is 0 Å². The van der Waals surface area contributed by atoms with Gasteiger partial charge in [0.2, 0.25) is 0 Å². The van der Waals surface area contributed by atoms with E-state index in [4.69, 9.17) is 4.98 Å². The van der Waals surface area contributed by atoms with E-state index in [2.05, 4.69) is 28.2 Å². The number of anilines is 1. The Bertz CT molecular complexity index is 497. The van der Waals surface area contributed by atoms with Gasteiger partial charge in [-0.2, -0.15) is 0 Å². The van der Waals surface area contributed by atoms with Crippen LogP contribution in [0.1, 0.15) is 56.0 Å². The maximum absolute atomic E-state index is 4.76. The molecule has 4 nitrogen and oxygen atoms in total. The van der Waals surface area contributed by atoms with Gasteiger partial charge in [-0.15, -0.1) is 0 Å². The first kappa shape index (κ1) is 12.6. The number of nitrogens with zero attached hydrogens (tertiary/aromatic N) is 3. The highest BCUT2D eigenvalue weighted by atomic mass is 15.2. The van der Waals surface area contributed by atoms with Crippen LogP contribution in [-0.4, -0.2) is 40.0 Å². The molecule has 4 rings (SSSR count). The standard InChI is InChI=1S/C16H24N4/c1-11-10-15(19-16(17-11)12-5-6-12)18-13-7-9-20-8-3-2-4-14(13)20/h10,12-14H,2-9H2,1H3,(H,17,18,19)/t13-,14+/m0/s1. The monoisotopic (exact) mass is 272 g/mol. The van der Waals surface area contributed by atoms with Gasteiger partial charge >= 0.3 is 0 Å². The van der Waals surface area contributed by atoms with E-state index in [-0.39, 0.29) is 0 Å². The van der Waals surface area contributed by atoms with E-state index in [1.165, 1.54) is 51.6 Å². The molecule has 0 unspecified atom stereocenters. The smallest absolute Gasteiger partial charge is 0.134 e. The molecule has 0 aromatic carbocycles. The number of piperidine rings is 1. The average molecular weight is 272 g/mol. The lowest BCUT2D eigenvalue weighted by Crippen LogP contribution is -2.41. The molecule has 0 radical (unpaired) electrons. The molecule has 1 N–H and O–H groups in total. The van der Waals surface area contributed by atoms with Crippen molar-refractivity contribution in [2.75, 3.05) is 18.4 Å². The lowest BCUT2D eigenvalue weighted by molar-refractivity contribution is 0.192. The summed E-state index contributed by atoms with van der Waals surface area (Å²) < 4.78 is 0. The fourth-order valence-electron chi connectivity index (χ4n) is 3.80. The van der Waals surface area contributed by atoms with E-state index in [1.807, 2.05) is 0 Å². The summed E-state index contributed by atoms with van der Waals surface area (Å²) in [5.41, 5.74) is 1.10. The van der Waals surface area contributed by atoms with Gasteiger partial charge in [0.05, 0.1) is 0 Å². The molecule has 0 amide bonds. The second-order valence-electron chi connectivity index (χ2n) is 6.67. The van der Waals surface area contributed by atoms with E-state index >= 15 is 0 Å². The van der Waals surface area contributed by atoms with Crippen molar-refractivity contribution in [2.24, 2.45) is 0 Å². The zero-order chi connectivity index (χ0) is 13.5. The number of rotatable bonds is 3. The predicted molar refractivity (Wildman–Crippen MR) is 80.0 cm³/mol. The van der Waals surface area contributed by atoms with E-state index in [1.54, 1.807) is 0 Å². The summed E-state index contributed by atoms with van der Waals surface area (Å²) in [4.78, 5) is 12.0. The molecule has 1 aromatic rings. The van der Waals surface area contributed by atoms with Crippen molar-refractivity contribution < 1.29 is 0 Å². The van der Waals surface area contributed by atoms with Crippen LogP contribution in [0.15, 0.2) is 6.07 Å². The van der Waals surface area contributed by atoms with Crippen molar-refractivity contribution in [3.8, 4) is 0 Å². The van der Waals surface area contributed by atoms with Gasteiger partial charge in [0.1, 0.15) is 11.6 Å². The first-order valence-corrected chi connectivity index (χ1v) is 8.16. The molecule has 2 saturated heterocycles. The molecule has 1 aromatic heterocycles. The van der Waals surface area contributed by atoms with Crippen LogP contribution in [0.4, 0.5) is 5.82 Å². The summed E-state index contributed by atoms with van der Waals surface area (Å²) in [5, 5.41) is 3.71. The van der Waals surface area contributed by atoms with Crippen molar-refractivity contribution >= 4 is 5.82 Å². The number of aryl methyl sites for hydroxylation is 1. The molecule has 2 atom stereocenters. The highest BCUT2D eigenvalue weighted by Gasteiger charge is 2.35. The lowest BCUT2D eigenvalue weighted by Gasteiger charge is -2.32. The Morgan fingerprint density at radius 3 is 2.85 bits per heavy atom. The van der Waals surface area contributed by atoms with Crippen LogP contribution < -0.4 is 5.32 Å². The fourth-order valence-corrected chi connectivity index (χ4v) is 3.80. The predicted octanol–water partition coefficient (Wildman–Crippen LogP) is 2.70. The van der Waals surface area contributed by atoms with E-state index in [0.717, 1.165) is 23.4 Å². The quantitative estimate of drug-likeness (QED) is 0.918. The van der Waals surface area contributed by atoms with Gasteiger partial charge in [0.25, 0.3) is 0 Å². The van der Waals surface area contributed by atoms with Crippen molar-refractivity contribution in [1.82, 2.24) is 14.9 Å². The normalized spacial score (nSPS) is 30.2. The highest BCUT2D eigenvalue weighted by Crippen LogP contribution is 2.38. The van der Waals surface area contributed by atoms with E-state index in [0.29, 0.717) is 12.0 Å². The summed E-state index contributed by atoms with van der Waals surface area (Å²) >= 11 is 0. The number of hydrogen-bond donors (Lipinski definition) is 1. The highest BCUT2D eigenvalue weighted by molar-refractivity contribution is 5.39. The number of hydrogen-bond acceptors (Lipinski definition) is 4. The van der Waals surface area contributed by atoms with Crippen molar-refractivity contribution in [3.05, 3.63) is 17.6 Å². The maximum atomic E-state index is 4.76. The minimum atomic E-state index is 0.580. The molecule has 108 valence electrons. The minimum absolute atomic E-state index is 0.580.